The normalized spacial score (nSPS) is 9.24. The van der Waals surface area contributed by atoms with Crippen LogP contribution in [0.1, 0.15) is 24.2 Å². The Bertz CT molecular complexity index is 354. The van der Waals surface area contributed by atoms with Crippen LogP contribution in [0.5, 0.6) is 5.75 Å². The standard InChI is InChI=1S/C10H10F2O3.C2H6/c1-14-2-3-15-10-5-7(11)4-9(12)8(10)6-13;1-2/h4-6H,2-3H2,1H3;1-2H3. The summed E-state index contributed by atoms with van der Waals surface area (Å²) in [5.74, 6) is -1.83. The predicted octanol–water partition coefficient (Wildman–Crippen LogP) is 2.83. The summed E-state index contributed by atoms with van der Waals surface area (Å²) in [6.07, 6.45) is 0.289. The van der Waals surface area contributed by atoms with E-state index in [0.717, 1.165) is 6.07 Å². The van der Waals surface area contributed by atoms with Crippen molar-refractivity contribution < 1.29 is 23.0 Å². The smallest absolute Gasteiger partial charge is 0.156 e. The van der Waals surface area contributed by atoms with Crippen LogP contribution < -0.4 is 4.74 Å². The highest BCUT2D eigenvalue weighted by atomic mass is 19.1. The van der Waals surface area contributed by atoms with Crippen LogP contribution >= 0.6 is 0 Å². The zero-order valence-corrected chi connectivity index (χ0v) is 10.1. The molecule has 3 nitrogen and oxygen atoms in total. The third-order valence-electron chi connectivity index (χ3n) is 1.72. The van der Waals surface area contributed by atoms with Gasteiger partial charge >= 0.3 is 0 Å². The van der Waals surface area contributed by atoms with Gasteiger partial charge in [0.15, 0.2) is 6.29 Å². The molecule has 0 bridgehead atoms. The van der Waals surface area contributed by atoms with Gasteiger partial charge in [-0.05, 0) is 0 Å². The number of rotatable bonds is 5. The quantitative estimate of drug-likeness (QED) is 0.592. The van der Waals surface area contributed by atoms with Crippen molar-refractivity contribution in [2.24, 2.45) is 0 Å². The first-order valence-electron chi connectivity index (χ1n) is 5.25. The minimum Gasteiger partial charge on any atom is -0.490 e. The van der Waals surface area contributed by atoms with E-state index in [1.54, 1.807) is 0 Å². The number of carbonyl (C=O) groups excluding carboxylic acids is 1. The van der Waals surface area contributed by atoms with Gasteiger partial charge in [-0.15, -0.1) is 0 Å². The second-order valence-electron chi connectivity index (χ2n) is 2.76. The summed E-state index contributed by atoms with van der Waals surface area (Å²) < 4.78 is 35.5. The molecular weight excluding hydrogens is 230 g/mol. The SMILES string of the molecule is CC.COCCOc1cc(F)cc(F)c1C=O. The van der Waals surface area contributed by atoms with Crippen molar-refractivity contribution in [3.05, 3.63) is 29.3 Å². The Hall–Kier alpha value is -1.49. The number of ether oxygens (including phenoxy) is 2. The Balaban J connectivity index is 0.00000121. The topological polar surface area (TPSA) is 35.5 Å². The highest BCUT2D eigenvalue weighted by molar-refractivity contribution is 5.79. The number of aldehydes is 1. The van der Waals surface area contributed by atoms with Crippen LogP contribution in [0.15, 0.2) is 12.1 Å². The molecule has 96 valence electrons. The minimum atomic E-state index is -0.933. The average Bonchev–Trinajstić information content (AvgIpc) is 2.31. The summed E-state index contributed by atoms with van der Waals surface area (Å²) in [5.41, 5.74) is -0.285. The van der Waals surface area contributed by atoms with Gasteiger partial charge in [-0.1, -0.05) is 13.8 Å². The van der Waals surface area contributed by atoms with Crippen molar-refractivity contribution in [3.8, 4) is 5.75 Å². The van der Waals surface area contributed by atoms with E-state index in [0.29, 0.717) is 6.07 Å². The van der Waals surface area contributed by atoms with Crippen LogP contribution in [0.4, 0.5) is 8.78 Å². The van der Waals surface area contributed by atoms with E-state index in [-0.39, 0.29) is 30.8 Å². The van der Waals surface area contributed by atoms with Crippen molar-refractivity contribution in [2.75, 3.05) is 20.3 Å². The van der Waals surface area contributed by atoms with Crippen LogP contribution in [0.25, 0.3) is 0 Å². The molecule has 0 aromatic heterocycles. The van der Waals surface area contributed by atoms with Crippen molar-refractivity contribution in [1.29, 1.82) is 0 Å². The molecular formula is C12H16F2O3. The highest BCUT2D eigenvalue weighted by Gasteiger charge is 2.11. The summed E-state index contributed by atoms with van der Waals surface area (Å²) in [6, 6.07) is 1.59. The van der Waals surface area contributed by atoms with E-state index in [9.17, 15) is 13.6 Å². The monoisotopic (exact) mass is 246 g/mol. The highest BCUT2D eigenvalue weighted by Crippen LogP contribution is 2.21. The van der Waals surface area contributed by atoms with E-state index in [2.05, 4.69) is 0 Å². The molecule has 0 aliphatic heterocycles. The summed E-state index contributed by atoms with van der Waals surface area (Å²) in [6.45, 7) is 4.40. The van der Waals surface area contributed by atoms with Gasteiger partial charge in [0.25, 0.3) is 0 Å². The molecule has 0 radical (unpaired) electrons. The molecule has 0 N–H and O–H groups in total. The summed E-state index contributed by atoms with van der Waals surface area (Å²) in [7, 11) is 1.47. The zero-order chi connectivity index (χ0) is 13.3. The maximum absolute atomic E-state index is 13.0. The Morgan fingerprint density at radius 1 is 1.24 bits per heavy atom. The first kappa shape index (κ1) is 15.5. The predicted molar refractivity (Wildman–Crippen MR) is 60.5 cm³/mol. The van der Waals surface area contributed by atoms with Gasteiger partial charge in [0.05, 0.1) is 12.2 Å². The molecule has 1 aromatic rings. The van der Waals surface area contributed by atoms with Crippen molar-refractivity contribution in [1.82, 2.24) is 0 Å². The molecule has 17 heavy (non-hydrogen) atoms. The van der Waals surface area contributed by atoms with Crippen LogP contribution in [0, 0.1) is 11.6 Å². The van der Waals surface area contributed by atoms with Crippen molar-refractivity contribution >= 4 is 6.29 Å². The van der Waals surface area contributed by atoms with Crippen LogP contribution in [0.3, 0.4) is 0 Å². The lowest BCUT2D eigenvalue weighted by atomic mass is 10.2. The molecule has 0 amide bonds. The summed E-state index contributed by atoms with van der Waals surface area (Å²) in [4.78, 5) is 10.5. The largest absolute Gasteiger partial charge is 0.490 e. The average molecular weight is 246 g/mol. The van der Waals surface area contributed by atoms with Crippen molar-refractivity contribution in [2.45, 2.75) is 13.8 Å². The lowest BCUT2D eigenvalue weighted by Crippen LogP contribution is -2.07. The Morgan fingerprint density at radius 3 is 2.41 bits per heavy atom. The lowest BCUT2D eigenvalue weighted by Gasteiger charge is -2.08. The number of halogens is 2. The van der Waals surface area contributed by atoms with E-state index >= 15 is 0 Å². The van der Waals surface area contributed by atoms with Gasteiger partial charge < -0.3 is 9.47 Å². The lowest BCUT2D eigenvalue weighted by molar-refractivity contribution is 0.111. The number of benzene rings is 1. The molecule has 0 fully saturated rings. The third-order valence-corrected chi connectivity index (χ3v) is 1.72. The van der Waals surface area contributed by atoms with Gasteiger partial charge in [0, 0.05) is 19.2 Å². The molecule has 0 saturated carbocycles. The fraction of sp³-hybridized carbons (Fsp3) is 0.417. The van der Waals surface area contributed by atoms with E-state index < -0.39 is 11.6 Å². The minimum absolute atomic E-state index is 0.112. The molecule has 0 atom stereocenters. The number of carbonyl (C=O) groups is 1. The molecule has 0 spiro atoms. The van der Waals surface area contributed by atoms with E-state index in [1.807, 2.05) is 13.8 Å². The van der Waals surface area contributed by atoms with Gasteiger partial charge in [0.2, 0.25) is 0 Å². The zero-order valence-electron chi connectivity index (χ0n) is 10.1. The van der Waals surface area contributed by atoms with E-state index in [1.165, 1.54) is 7.11 Å². The molecule has 1 aromatic carbocycles. The summed E-state index contributed by atoms with van der Waals surface area (Å²) in [5, 5.41) is 0. The Morgan fingerprint density at radius 2 is 1.88 bits per heavy atom. The van der Waals surface area contributed by atoms with Gasteiger partial charge in [-0.2, -0.15) is 0 Å². The molecule has 0 aliphatic rings. The fourth-order valence-corrected chi connectivity index (χ4v) is 1.03. The molecule has 1 rings (SSSR count). The second kappa shape index (κ2) is 8.64. The molecule has 5 heteroatoms. The number of hydrogen-bond acceptors (Lipinski definition) is 3. The van der Waals surface area contributed by atoms with Crippen molar-refractivity contribution in [3.63, 3.8) is 0 Å². The van der Waals surface area contributed by atoms with Crippen LogP contribution in [-0.2, 0) is 4.74 Å². The Labute approximate surface area is 99.3 Å². The first-order chi connectivity index (χ1) is 8.19. The third kappa shape index (κ3) is 4.91. The van der Waals surface area contributed by atoms with Crippen LogP contribution in [-0.4, -0.2) is 26.6 Å². The molecule has 0 saturated heterocycles. The maximum atomic E-state index is 13.0. The fourth-order valence-electron chi connectivity index (χ4n) is 1.03. The molecule has 0 heterocycles. The van der Waals surface area contributed by atoms with Gasteiger partial charge in [-0.3, -0.25) is 4.79 Å². The molecule has 0 unspecified atom stereocenters. The first-order valence-corrected chi connectivity index (χ1v) is 5.25. The van der Waals surface area contributed by atoms with Gasteiger partial charge in [0.1, 0.15) is 24.0 Å². The maximum Gasteiger partial charge on any atom is 0.156 e. The Kier molecular flexibility index (Phi) is 7.88. The number of methoxy groups -OCH3 is 1. The molecule has 0 aliphatic carbocycles. The van der Waals surface area contributed by atoms with E-state index in [4.69, 9.17) is 9.47 Å². The number of hydrogen-bond donors (Lipinski definition) is 0. The van der Waals surface area contributed by atoms with Crippen LogP contribution in [0.2, 0.25) is 0 Å². The second-order valence-corrected chi connectivity index (χ2v) is 2.76. The van der Waals surface area contributed by atoms with Gasteiger partial charge in [-0.25, -0.2) is 8.78 Å². The summed E-state index contributed by atoms with van der Waals surface area (Å²) >= 11 is 0.